The molecule has 2 saturated heterocycles. The standard InChI is InChI=1S/C24H30N6OS/c1-3-18-8-5-7-11-30(18)24(31)21-17(2)20-22(26-16-27-23(20)32-21)29-14-12-28(13-15-29)19-9-4-6-10-25-19/h4,6,9-10,16,18H,3,5,7-8,11-15H2,1-2H3. The number of anilines is 2. The molecule has 0 aromatic carbocycles. The average Bonchev–Trinajstić information content (AvgIpc) is 3.21. The highest BCUT2D eigenvalue weighted by molar-refractivity contribution is 7.20. The van der Waals surface area contributed by atoms with Gasteiger partial charge in [0.2, 0.25) is 0 Å². The number of aromatic nitrogens is 3. The first-order valence-electron chi connectivity index (χ1n) is 11.6. The summed E-state index contributed by atoms with van der Waals surface area (Å²) in [6.45, 7) is 8.62. The normalized spacial score (nSPS) is 19.6. The van der Waals surface area contributed by atoms with Gasteiger partial charge in [-0.1, -0.05) is 13.0 Å². The van der Waals surface area contributed by atoms with Crippen LogP contribution in [0.2, 0.25) is 0 Å². The molecule has 1 amide bonds. The Morgan fingerprint density at radius 2 is 1.88 bits per heavy atom. The van der Waals surface area contributed by atoms with Crippen molar-refractivity contribution in [1.82, 2.24) is 19.9 Å². The number of carbonyl (C=O) groups excluding carboxylic acids is 1. The van der Waals surface area contributed by atoms with Crippen molar-refractivity contribution in [3.63, 3.8) is 0 Å². The van der Waals surface area contributed by atoms with E-state index in [1.165, 1.54) is 17.8 Å². The van der Waals surface area contributed by atoms with Crippen LogP contribution in [0.1, 0.15) is 47.8 Å². The quantitative estimate of drug-likeness (QED) is 0.596. The van der Waals surface area contributed by atoms with E-state index in [0.717, 1.165) is 84.3 Å². The molecule has 2 fully saturated rings. The molecule has 0 aliphatic carbocycles. The van der Waals surface area contributed by atoms with E-state index in [4.69, 9.17) is 0 Å². The molecule has 7 nitrogen and oxygen atoms in total. The Bertz CT molecular complexity index is 1090. The lowest BCUT2D eigenvalue weighted by Gasteiger charge is -2.36. The topological polar surface area (TPSA) is 65.5 Å². The molecular weight excluding hydrogens is 420 g/mol. The number of aryl methyl sites for hydroxylation is 1. The van der Waals surface area contributed by atoms with Crippen molar-refractivity contribution >= 4 is 39.1 Å². The predicted octanol–water partition coefficient (Wildman–Crippen LogP) is 4.13. The second-order valence-corrected chi connectivity index (χ2v) is 9.65. The van der Waals surface area contributed by atoms with Gasteiger partial charge in [-0.25, -0.2) is 15.0 Å². The van der Waals surface area contributed by atoms with Crippen molar-refractivity contribution in [3.05, 3.63) is 41.2 Å². The Morgan fingerprint density at radius 1 is 1.06 bits per heavy atom. The highest BCUT2D eigenvalue weighted by atomic mass is 32.1. The summed E-state index contributed by atoms with van der Waals surface area (Å²) in [5.41, 5.74) is 1.03. The van der Waals surface area contributed by atoms with Gasteiger partial charge in [0, 0.05) is 45.0 Å². The first-order valence-corrected chi connectivity index (χ1v) is 12.4. The number of nitrogens with zero attached hydrogens (tertiary/aromatic N) is 6. The summed E-state index contributed by atoms with van der Waals surface area (Å²) in [7, 11) is 0. The average molecular weight is 451 g/mol. The minimum Gasteiger partial charge on any atom is -0.353 e. The van der Waals surface area contributed by atoms with Crippen LogP contribution in [0.25, 0.3) is 10.2 Å². The molecule has 8 heteroatoms. The lowest BCUT2D eigenvalue weighted by atomic mass is 9.99. The van der Waals surface area contributed by atoms with Crippen LogP contribution in [0.15, 0.2) is 30.7 Å². The largest absolute Gasteiger partial charge is 0.353 e. The highest BCUT2D eigenvalue weighted by Crippen LogP contribution is 2.37. The Hall–Kier alpha value is -2.74. The number of piperazine rings is 1. The van der Waals surface area contributed by atoms with Crippen molar-refractivity contribution in [2.45, 2.75) is 45.6 Å². The number of likely N-dealkylation sites (tertiary alicyclic amines) is 1. The number of thiophene rings is 1. The molecule has 0 bridgehead atoms. The fourth-order valence-corrected chi connectivity index (χ4v) is 6.11. The monoisotopic (exact) mass is 450 g/mol. The smallest absolute Gasteiger partial charge is 0.264 e. The van der Waals surface area contributed by atoms with Crippen LogP contribution in [-0.4, -0.2) is 64.5 Å². The number of piperidine rings is 1. The van der Waals surface area contributed by atoms with Crippen LogP contribution in [0, 0.1) is 6.92 Å². The van der Waals surface area contributed by atoms with Crippen molar-refractivity contribution < 1.29 is 4.79 Å². The SMILES string of the molecule is CCC1CCCCN1C(=O)c1sc2ncnc(N3CCN(c4ccccn4)CC3)c2c1C. The van der Waals surface area contributed by atoms with Gasteiger partial charge >= 0.3 is 0 Å². The fraction of sp³-hybridized carbons (Fsp3) is 0.500. The van der Waals surface area contributed by atoms with E-state index < -0.39 is 0 Å². The molecule has 5 rings (SSSR count). The molecule has 2 aliphatic heterocycles. The third kappa shape index (κ3) is 3.81. The van der Waals surface area contributed by atoms with E-state index in [9.17, 15) is 4.79 Å². The van der Waals surface area contributed by atoms with Crippen molar-refractivity contribution in [3.8, 4) is 0 Å². The molecule has 3 aromatic rings. The Kier molecular flexibility index (Phi) is 5.95. The molecule has 2 aliphatic rings. The molecule has 5 heterocycles. The van der Waals surface area contributed by atoms with Gasteiger partial charge in [0.15, 0.2) is 0 Å². The van der Waals surface area contributed by atoms with Gasteiger partial charge in [-0.2, -0.15) is 0 Å². The summed E-state index contributed by atoms with van der Waals surface area (Å²) in [6, 6.07) is 6.39. The molecule has 1 atom stereocenters. The van der Waals surface area contributed by atoms with E-state index >= 15 is 0 Å². The zero-order valence-electron chi connectivity index (χ0n) is 18.8. The Morgan fingerprint density at radius 3 is 2.62 bits per heavy atom. The van der Waals surface area contributed by atoms with Crippen LogP contribution in [-0.2, 0) is 0 Å². The minimum atomic E-state index is 0.169. The Labute approximate surface area is 193 Å². The molecule has 0 saturated carbocycles. The van der Waals surface area contributed by atoms with Crippen LogP contribution in [0.5, 0.6) is 0 Å². The van der Waals surface area contributed by atoms with Crippen LogP contribution >= 0.6 is 11.3 Å². The van der Waals surface area contributed by atoms with Gasteiger partial charge in [-0.15, -0.1) is 11.3 Å². The maximum Gasteiger partial charge on any atom is 0.264 e. The Balaban J connectivity index is 1.41. The molecule has 0 radical (unpaired) electrons. The second-order valence-electron chi connectivity index (χ2n) is 8.65. The summed E-state index contributed by atoms with van der Waals surface area (Å²) >= 11 is 1.52. The summed E-state index contributed by atoms with van der Waals surface area (Å²) in [6.07, 6.45) is 7.92. The first-order chi connectivity index (χ1) is 15.7. The summed E-state index contributed by atoms with van der Waals surface area (Å²) in [4.78, 5) is 35.7. The van der Waals surface area contributed by atoms with Gasteiger partial charge in [-0.3, -0.25) is 4.79 Å². The molecular formula is C24H30N6OS. The summed E-state index contributed by atoms with van der Waals surface area (Å²) < 4.78 is 0. The molecule has 0 N–H and O–H groups in total. The van der Waals surface area contributed by atoms with E-state index in [1.54, 1.807) is 6.33 Å². The number of fused-ring (bicyclic) bond motifs is 1. The number of pyridine rings is 1. The molecule has 3 aromatic heterocycles. The highest BCUT2D eigenvalue weighted by Gasteiger charge is 2.30. The minimum absolute atomic E-state index is 0.169. The van der Waals surface area contributed by atoms with E-state index in [2.05, 4.69) is 49.6 Å². The predicted molar refractivity (Wildman–Crippen MR) is 130 cm³/mol. The fourth-order valence-electron chi connectivity index (χ4n) is 5.01. The van der Waals surface area contributed by atoms with Crippen molar-refractivity contribution in [2.24, 2.45) is 0 Å². The van der Waals surface area contributed by atoms with Crippen molar-refractivity contribution in [2.75, 3.05) is 42.5 Å². The zero-order chi connectivity index (χ0) is 22.1. The van der Waals surface area contributed by atoms with Crippen LogP contribution in [0.3, 0.4) is 0 Å². The van der Waals surface area contributed by atoms with Gasteiger partial charge in [0.25, 0.3) is 5.91 Å². The number of carbonyl (C=O) groups is 1. The van der Waals surface area contributed by atoms with Crippen molar-refractivity contribution in [1.29, 1.82) is 0 Å². The van der Waals surface area contributed by atoms with E-state index in [1.807, 2.05) is 18.3 Å². The number of hydrogen-bond acceptors (Lipinski definition) is 7. The summed E-state index contributed by atoms with van der Waals surface area (Å²) in [5.74, 6) is 2.14. The third-order valence-electron chi connectivity index (χ3n) is 6.81. The first kappa shape index (κ1) is 21.1. The van der Waals surface area contributed by atoms with Crippen LogP contribution in [0.4, 0.5) is 11.6 Å². The third-order valence-corrected chi connectivity index (χ3v) is 8.00. The van der Waals surface area contributed by atoms with Crippen LogP contribution < -0.4 is 9.80 Å². The lowest BCUT2D eigenvalue weighted by Crippen LogP contribution is -2.47. The molecule has 1 unspecified atom stereocenters. The number of amides is 1. The summed E-state index contributed by atoms with van der Waals surface area (Å²) in [5, 5.41) is 1.04. The van der Waals surface area contributed by atoms with E-state index in [0.29, 0.717) is 6.04 Å². The van der Waals surface area contributed by atoms with Gasteiger partial charge in [0.05, 0.1) is 10.3 Å². The number of hydrogen-bond donors (Lipinski definition) is 0. The maximum atomic E-state index is 13.5. The molecule has 168 valence electrons. The van der Waals surface area contributed by atoms with E-state index in [-0.39, 0.29) is 5.91 Å². The lowest BCUT2D eigenvalue weighted by molar-refractivity contribution is 0.0612. The zero-order valence-corrected chi connectivity index (χ0v) is 19.6. The second kappa shape index (κ2) is 9.02. The van der Waals surface area contributed by atoms with Gasteiger partial charge in [0.1, 0.15) is 22.8 Å². The molecule has 32 heavy (non-hydrogen) atoms. The molecule has 0 spiro atoms. The maximum absolute atomic E-state index is 13.5. The van der Waals surface area contributed by atoms with Gasteiger partial charge < -0.3 is 14.7 Å². The number of rotatable bonds is 4. The van der Waals surface area contributed by atoms with Gasteiger partial charge in [-0.05, 0) is 50.3 Å².